The van der Waals surface area contributed by atoms with E-state index in [9.17, 15) is 4.79 Å². The SMILES string of the molecule is Cc1nc2ccc(C(=O)NCCOCCO)cc2nc1C. The largest absolute Gasteiger partial charge is 0.394 e. The lowest BCUT2D eigenvalue weighted by Gasteiger charge is -2.07. The highest BCUT2D eigenvalue weighted by Crippen LogP contribution is 2.14. The minimum atomic E-state index is -0.176. The van der Waals surface area contributed by atoms with Gasteiger partial charge in [0.25, 0.3) is 5.91 Å². The number of hydrogen-bond acceptors (Lipinski definition) is 5. The van der Waals surface area contributed by atoms with E-state index < -0.39 is 0 Å². The van der Waals surface area contributed by atoms with E-state index in [1.165, 1.54) is 0 Å². The summed E-state index contributed by atoms with van der Waals surface area (Å²) in [5.74, 6) is -0.176. The molecule has 21 heavy (non-hydrogen) atoms. The summed E-state index contributed by atoms with van der Waals surface area (Å²) >= 11 is 0. The maximum Gasteiger partial charge on any atom is 0.251 e. The Labute approximate surface area is 123 Å². The van der Waals surface area contributed by atoms with Crippen molar-refractivity contribution in [2.24, 2.45) is 0 Å². The number of aliphatic hydroxyl groups excluding tert-OH is 1. The van der Waals surface area contributed by atoms with Gasteiger partial charge in [-0.25, -0.2) is 9.97 Å². The molecule has 0 unspecified atom stereocenters. The molecule has 112 valence electrons. The van der Waals surface area contributed by atoms with Crippen molar-refractivity contribution in [2.45, 2.75) is 13.8 Å². The van der Waals surface area contributed by atoms with Crippen molar-refractivity contribution in [3.05, 3.63) is 35.2 Å². The third kappa shape index (κ3) is 3.96. The predicted octanol–water partition coefficient (Wildman–Crippen LogP) is 0.985. The monoisotopic (exact) mass is 289 g/mol. The second-order valence-electron chi connectivity index (χ2n) is 4.69. The first-order valence-corrected chi connectivity index (χ1v) is 6.83. The van der Waals surface area contributed by atoms with Crippen LogP contribution < -0.4 is 5.32 Å². The number of nitrogens with zero attached hydrogens (tertiary/aromatic N) is 2. The van der Waals surface area contributed by atoms with Crippen LogP contribution in [0.4, 0.5) is 0 Å². The number of carbonyl (C=O) groups is 1. The van der Waals surface area contributed by atoms with Crippen LogP contribution in [-0.2, 0) is 4.74 Å². The Morgan fingerprint density at radius 2 is 1.90 bits per heavy atom. The maximum atomic E-state index is 12.0. The molecule has 0 aliphatic rings. The quantitative estimate of drug-likeness (QED) is 0.775. The molecule has 0 saturated heterocycles. The highest BCUT2D eigenvalue weighted by atomic mass is 16.5. The molecule has 2 rings (SSSR count). The summed E-state index contributed by atoms with van der Waals surface area (Å²) in [7, 11) is 0. The topological polar surface area (TPSA) is 84.3 Å². The van der Waals surface area contributed by atoms with Gasteiger partial charge in [-0.2, -0.15) is 0 Å². The first kappa shape index (κ1) is 15.3. The van der Waals surface area contributed by atoms with Crippen LogP contribution >= 0.6 is 0 Å². The molecule has 6 heteroatoms. The van der Waals surface area contributed by atoms with Crippen molar-refractivity contribution in [2.75, 3.05) is 26.4 Å². The summed E-state index contributed by atoms with van der Waals surface area (Å²) < 4.78 is 5.08. The Hall–Kier alpha value is -2.05. The number of aromatic nitrogens is 2. The van der Waals surface area contributed by atoms with Gasteiger partial charge in [-0.05, 0) is 32.0 Å². The number of rotatable bonds is 6. The van der Waals surface area contributed by atoms with Crippen molar-refractivity contribution < 1.29 is 14.6 Å². The summed E-state index contributed by atoms with van der Waals surface area (Å²) in [6, 6.07) is 5.26. The summed E-state index contributed by atoms with van der Waals surface area (Å²) in [4.78, 5) is 20.9. The molecule has 0 fully saturated rings. The molecule has 1 heterocycles. The highest BCUT2D eigenvalue weighted by Gasteiger charge is 2.08. The van der Waals surface area contributed by atoms with Crippen LogP contribution in [0.15, 0.2) is 18.2 Å². The Bertz CT molecular complexity index is 643. The average molecular weight is 289 g/mol. The van der Waals surface area contributed by atoms with Crippen molar-refractivity contribution in [3.8, 4) is 0 Å². The lowest BCUT2D eigenvalue weighted by atomic mass is 10.1. The number of ether oxygens (including phenoxy) is 1. The van der Waals surface area contributed by atoms with Crippen LogP contribution in [0.5, 0.6) is 0 Å². The van der Waals surface area contributed by atoms with E-state index >= 15 is 0 Å². The van der Waals surface area contributed by atoms with Gasteiger partial charge in [0.1, 0.15) is 0 Å². The fraction of sp³-hybridized carbons (Fsp3) is 0.400. The highest BCUT2D eigenvalue weighted by molar-refractivity contribution is 5.97. The van der Waals surface area contributed by atoms with Gasteiger partial charge in [-0.3, -0.25) is 4.79 Å². The first-order chi connectivity index (χ1) is 10.1. The van der Waals surface area contributed by atoms with Gasteiger partial charge in [0.2, 0.25) is 0 Å². The van der Waals surface area contributed by atoms with Gasteiger partial charge in [0, 0.05) is 12.1 Å². The fourth-order valence-electron chi connectivity index (χ4n) is 1.88. The molecule has 2 aromatic rings. The lowest BCUT2D eigenvalue weighted by Crippen LogP contribution is -2.27. The molecule has 1 aromatic heterocycles. The van der Waals surface area contributed by atoms with E-state index in [0.717, 1.165) is 16.9 Å². The number of benzene rings is 1. The Balaban J connectivity index is 2.04. The molecule has 1 aromatic carbocycles. The molecule has 6 nitrogen and oxygen atoms in total. The van der Waals surface area contributed by atoms with Crippen molar-refractivity contribution in [1.82, 2.24) is 15.3 Å². The molecule has 0 saturated carbocycles. The summed E-state index contributed by atoms with van der Waals surface area (Å²) in [5.41, 5.74) is 3.78. The third-order valence-electron chi connectivity index (χ3n) is 3.11. The van der Waals surface area contributed by atoms with Crippen LogP contribution in [0.2, 0.25) is 0 Å². The number of aliphatic hydroxyl groups is 1. The van der Waals surface area contributed by atoms with E-state index in [2.05, 4.69) is 15.3 Å². The number of amides is 1. The Morgan fingerprint density at radius 1 is 1.19 bits per heavy atom. The van der Waals surface area contributed by atoms with Gasteiger partial charge < -0.3 is 15.2 Å². The summed E-state index contributed by atoms with van der Waals surface area (Å²) in [6.07, 6.45) is 0. The number of hydrogen-bond donors (Lipinski definition) is 2. The summed E-state index contributed by atoms with van der Waals surface area (Å²) in [6.45, 7) is 4.84. The molecular weight excluding hydrogens is 270 g/mol. The number of fused-ring (bicyclic) bond motifs is 1. The number of aryl methyl sites for hydroxylation is 2. The smallest absolute Gasteiger partial charge is 0.251 e. The van der Waals surface area contributed by atoms with E-state index in [0.29, 0.717) is 24.2 Å². The standard InChI is InChI=1S/C15H19N3O3/c1-10-11(2)18-14-9-12(3-4-13(14)17-10)15(20)16-5-7-21-8-6-19/h3-4,9,19H,5-8H2,1-2H3,(H,16,20). The Morgan fingerprint density at radius 3 is 2.62 bits per heavy atom. The second-order valence-corrected chi connectivity index (χ2v) is 4.69. The second kappa shape index (κ2) is 7.10. The molecule has 0 aliphatic carbocycles. The van der Waals surface area contributed by atoms with Crippen molar-refractivity contribution >= 4 is 16.9 Å². The zero-order valence-corrected chi connectivity index (χ0v) is 12.2. The maximum absolute atomic E-state index is 12.0. The number of nitrogens with one attached hydrogen (secondary N) is 1. The normalized spacial score (nSPS) is 10.8. The molecule has 2 N–H and O–H groups in total. The van der Waals surface area contributed by atoms with E-state index in [1.54, 1.807) is 18.2 Å². The fourth-order valence-corrected chi connectivity index (χ4v) is 1.88. The molecular formula is C15H19N3O3. The van der Waals surface area contributed by atoms with Crippen LogP contribution in [0, 0.1) is 13.8 Å². The predicted molar refractivity (Wildman–Crippen MR) is 79.3 cm³/mol. The van der Waals surface area contributed by atoms with Gasteiger partial charge in [-0.15, -0.1) is 0 Å². The number of carbonyl (C=O) groups excluding carboxylic acids is 1. The van der Waals surface area contributed by atoms with Crippen molar-refractivity contribution in [1.29, 1.82) is 0 Å². The molecule has 0 radical (unpaired) electrons. The molecule has 0 bridgehead atoms. The van der Waals surface area contributed by atoms with Gasteiger partial charge in [0.15, 0.2) is 0 Å². The lowest BCUT2D eigenvalue weighted by molar-refractivity contribution is 0.0838. The first-order valence-electron chi connectivity index (χ1n) is 6.83. The molecule has 1 amide bonds. The van der Waals surface area contributed by atoms with Crippen LogP contribution in [-0.4, -0.2) is 47.3 Å². The average Bonchev–Trinajstić information content (AvgIpc) is 2.47. The van der Waals surface area contributed by atoms with Gasteiger partial charge >= 0.3 is 0 Å². The third-order valence-corrected chi connectivity index (χ3v) is 3.11. The molecule has 0 atom stereocenters. The van der Waals surface area contributed by atoms with Crippen LogP contribution in [0.1, 0.15) is 21.7 Å². The molecule has 0 aliphatic heterocycles. The zero-order valence-electron chi connectivity index (χ0n) is 12.2. The van der Waals surface area contributed by atoms with E-state index in [-0.39, 0.29) is 19.1 Å². The molecule has 0 spiro atoms. The minimum absolute atomic E-state index is 0.0178. The van der Waals surface area contributed by atoms with E-state index in [1.807, 2.05) is 13.8 Å². The summed E-state index contributed by atoms with van der Waals surface area (Å²) in [5, 5.41) is 11.3. The van der Waals surface area contributed by atoms with E-state index in [4.69, 9.17) is 9.84 Å². The minimum Gasteiger partial charge on any atom is -0.394 e. The van der Waals surface area contributed by atoms with Crippen LogP contribution in [0.3, 0.4) is 0 Å². The zero-order chi connectivity index (χ0) is 15.2. The Kier molecular flexibility index (Phi) is 5.19. The van der Waals surface area contributed by atoms with Crippen molar-refractivity contribution in [3.63, 3.8) is 0 Å². The van der Waals surface area contributed by atoms with Crippen LogP contribution in [0.25, 0.3) is 11.0 Å². The van der Waals surface area contributed by atoms with Gasteiger partial charge in [-0.1, -0.05) is 0 Å². The van der Waals surface area contributed by atoms with Gasteiger partial charge in [0.05, 0.1) is 42.2 Å².